The number of hydrogen-bond acceptors (Lipinski definition) is 7. The van der Waals surface area contributed by atoms with Gasteiger partial charge < -0.3 is 19.7 Å². The molecular weight excluding hydrogens is 397 g/mol. The number of pyridine rings is 2. The maximum atomic E-state index is 14.6. The molecule has 0 unspecified atom stereocenters. The van der Waals surface area contributed by atoms with Crippen LogP contribution in [0.15, 0.2) is 34.7 Å². The first kappa shape index (κ1) is 18.5. The van der Waals surface area contributed by atoms with Crippen LogP contribution in [0.5, 0.6) is 5.75 Å². The Morgan fingerprint density at radius 1 is 1.06 bits per heavy atom. The highest BCUT2D eigenvalue weighted by Crippen LogP contribution is 2.36. The van der Waals surface area contributed by atoms with Gasteiger partial charge in [-0.3, -0.25) is 0 Å². The monoisotopic (exact) mass is 419 g/mol. The van der Waals surface area contributed by atoms with Crippen molar-refractivity contribution in [3.8, 4) is 17.0 Å². The first-order chi connectivity index (χ1) is 15.0. The van der Waals surface area contributed by atoms with E-state index >= 15 is 0 Å². The number of nitrogens with one attached hydrogen (secondary N) is 1. The summed E-state index contributed by atoms with van der Waals surface area (Å²) in [5, 5.41) is 14.1. The minimum absolute atomic E-state index is 0.0194. The van der Waals surface area contributed by atoms with Gasteiger partial charge in [0.05, 0.1) is 16.7 Å². The van der Waals surface area contributed by atoms with Crippen LogP contribution in [0, 0.1) is 12.7 Å². The Bertz CT molecular complexity index is 1320. The zero-order chi connectivity index (χ0) is 21.1. The summed E-state index contributed by atoms with van der Waals surface area (Å²) in [6.45, 7) is 3.58. The molecule has 4 aromatic rings. The molecule has 0 amide bonds. The molecule has 2 fully saturated rings. The Morgan fingerprint density at radius 3 is 2.71 bits per heavy atom. The zero-order valence-corrected chi connectivity index (χ0v) is 17.1. The molecule has 2 N–H and O–H groups in total. The van der Waals surface area contributed by atoms with Crippen molar-refractivity contribution >= 4 is 28.0 Å². The topological polar surface area (TPSA) is 87.3 Å². The second-order valence-electron chi connectivity index (χ2n) is 8.44. The fourth-order valence-electron chi connectivity index (χ4n) is 4.34. The van der Waals surface area contributed by atoms with Crippen LogP contribution in [0.3, 0.4) is 0 Å². The van der Waals surface area contributed by atoms with E-state index in [-0.39, 0.29) is 16.7 Å². The predicted molar refractivity (Wildman–Crippen MR) is 116 cm³/mol. The number of aromatic hydroxyl groups is 1. The summed E-state index contributed by atoms with van der Waals surface area (Å²) < 4.78 is 20.0. The number of halogens is 1. The van der Waals surface area contributed by atoms with Gasteiger partial charge in [0.2, 0.25) is 0 Å². The molecule has 1 saturated heterocycles. The van der Waals surface area contributed by atoms with Crippen LogP contribution in [-0.2, 0) is 0 Å². The van der Waals surface area contributed by atoms with Gasteiger partial charge in [0.1, 0.15) is 11.3 Å². The van der Waals surface area contributed by atoms with Crippen LogP contribution >= 0.6 is 0 Å². The fourth-order valence-corrected chi connectivity index (χ4v) is 4.34. The molecule has 1 saturated carbocycles. The summed E-state index contributed by atoms with van der Waals surface area (Å²) in [5.74, 6) is -0.00802. The van der Waals surface area contributed by atoms with Gasteiger partial charge in [-0.1, -0.05) is 0 Å². The molecule has 2 aliphatic rings. The predicted octanol–water partition coefficient (Wildman–Crippen LogP) is 3.92. The van der Waals surface area contributed by atoms with Gasteiger partial charge in [0, 0.05) is 37.7 Å². The van der Waals surface area contributed by atoms with Crippen LogP contribution in [0.1, 0.15) is 25.2 Å². The van der Waals surface area contributed by atoms with E-state index in [1.807, 2.05) is 18.2 Å². The number of aryl methyl sites for hydroxylation is 1. The second kappa shape index (κ2) is 6.88. The molecule has 158 valence electrons. The van der Waals surface area contributed by atoms with E-state index in [4.69, 9.17) is 9.40 Å². The molecule has 1 aliphatic heterocycles. The Morgan fingerprint density at radius 2 is 1.87 bits per heavy atom. The smallest absolute Gasteiger partial charge is 0.195 e. The van der Waals surface area contributed by atoms with Gasteiger partial charge in [0.15, 0.2) is 23.0 Å². The van der Waals surface area contributed by atoms with Gasteiger partial charge in [-0.2, -0.15) is 0 Å². The lowest BCUT2D eigenvalue weighted by Crippen LogP contribution is -2.34. The van der Waals surface area contributed by atoms with Crippen molar-refractivity contribution in [3.05, 3.63) is 42.0 Å². The standard InChI is InChI=1S/C23H22FN5O2/c1-12-25-22-19(31-12)10-15(23(30)21(22)24)16-4-5-18-17(27-16)6-7-20(28-18)29-9-8-14(11-29)26-13-2-3-13/h4-7,10,13-14,26,30H,2-3,8-9,11H2,1H3/t14-/m0/s1. The molecule has 0 radical (unpaired) electrons. The second-order valence-corrected chi connectivity index (χ2v) is 8.44. The number of aromatic nitrogens is 3. The molecule has 4 heterocycles. The third-order valence-corrected chi connectivity index (χ3v) is 6.07. The van der Waals surface area contributed by atoms with E-state index in [0.29, 0.717) is 29.2 Å². The molecule has 6 rings (SSSR count). The molecule has 1 atom stereocenters. The highest BCUT2D eigenvalue weighted by Gasteiger charge is 2.29. The quantitative estimate of drug-likeness (QED) is 0.518. The van der Waals surface area contributed by atoms with Gasteiger partial charge in [-0.15, -0.1) is 0 Å². The molecule has 0 bridgehead atoms. The summed E-state index contributed by atoms with van der Waals surface area (Å²) in [6.07, 6.45) is 3.71. The summed E-state index contributed by atoms with van der Waals surface area (Å²) >= 11 is 0. The minimum atomic E-state index is -0.803. The Hall–Kier alpha value is -3.26. The van der Waals surface area contributed by atoms with Gasteiger partial charge in [-0.05, 0) is 49.6 Å². The number of hydrogen-bond donors (Lipinski definition) is 2. The van der Waals surface area contributed by atoms with Crippen molar-refractivity contribution in [2.75, 3.05) is 18.0 Å². The fraction of sp³-hybridized carbons (Fsp3) is 0.348. The van der Waals surface area contributed by atoms with Crippen LogP contribution in [0.4, 0.5) is 10.2 Å². The molecule has 1 aromatic carbocycles. The van der Waals surface area contributed by atoms with E-state index in [1.165, 1.54) is 12.8 Å². The van der Waals surface area contributed by atoms with Crippen LogP contribution in [0.2, 0.25) is 0 Å². The number of phenolic OH excluding ortho intramolecular Hbond substituents is 1. The average molecular weight is 419 g/mol. The lowest BCUT2D eigenvalue weighted by molar-refractivity contribution is 0.437. The first-order valence-corrected chi connectivity index (χ1v) is 10.6. The lowest BCUT2D eigenvalue weighted by Gasteiger charge is -2.18. The third kappa shape index (κ3) is 3.27. The summed E-state index contributed by atoms with van der Waals surface area (Å²) in [5.41, 5.74) is 2.45. The number of phenols is 1. The van der Waals surface area contributed by atoms with Crippen molar-refractivity contribution < 1.29 is 13.9 Å². The minimum Gasteiger partial charge on any atom is -0.504 e. The SMILES string of the molecule is Cc1nc2c(F)c(O)c(-c3ccc4nc(N5CC[C@H](NC6CC6)C5)ccc4n3)cc2o1. The summed E-state index contributed by atoms with van der Waals surface area (Å²) in [7, 11) is 0. The molecular formula is C23H22FN5O2. The Labute approximate surface area is 177 Å². The van der Waals surface area contributed by atoms with E-state index in [9.17, 15) is 9.50 Å². The normalized spacial score (nSPS) is 19.0. The number of fused-ring (bicyclic) bond motifs is 2. The summed E-state index contributed by atoms with van der Waals surface area (Å²) in [6, 6.07) is 10.3. The highest BCUT2D eigenvalue weighted by atomic mass is 19.1. The third-order valence-electron chi connectivity index (χ3n) is 6.07. The largest absolute Gasteiger partial charge is 0.504 e. The van der Waals surface area contributed by atoms with Crippen LogP contribution in [-0.4, -0.2) is 45.2 Å². The van der Waals surface area contributed by atoms with Crippen molar-refractivity contribution in [3.63, 3.8) is 0 Å². The van der Waals surface area contributed by atoms with E-state index in [0.717, 1.165) is 30.8 Å². The van der Waals surface area contributed by atoms with Crippen molar-refractivity contribution in [1.29, 1.82) is 0 Å². The van der Waals surface area contributed by atoms with Gasteiger partial charge in [-0.25, -0.2) is 19.3 Å². The molecule has 3 aromatic heterocycles. The van der Waals surface area contributed by atoms with Crippen LogP contribution < -0.4 is 10.2 Å². The number of benzene rings is 1. The molecule has 7 nitrogen and oxygen atoms in total. The number of rotatable bonds is 4. The number of anilines is 1. The average Bonchev–Trinajstić information content (AvgIpc) is 3.32. The Kier molecular flexibility index (Phi) is 4.11. The van der Waals surface area contributed by atoms with E-state index < -0.39 is 11.6 Å². The van der Waals surface area contributed by atoms with Crippen molar-refractivity contribution in [2.24, 2.45) is 0 Å². The lowest BCUT2D eigenvalue weighted by atomic mass is 10.1. The van der Waals surface area contributed by atoms with E-state index in [2.05, 4.69) is 20.2 Å². The van der Waals surface area contributed by atoms with Crippen LogP contribution in [0.25, 0.3) is 33.4 Å². The maximum absolute atomic E-state index is 14.6. The Balaban J connectivity index is 1.32. The number of oxazole rings is 1. The molecule has 31 heavy (non-hydrogen) atoms. The van der Waals surface area contributed by atoms with Gasteiger partial charge >= 0.3 is 0 Å². The summed E-state index contributed by atoms with van der Waals surface area (Å²) in [4.78, 5) is 15.7. The maximum Gasteiger partial charge on any atom is 0.195 e. The van der Waals surface area contributed by atoms with E-state index in [1.54, 1.807) is 19.1 Å². The first-order valence-electron chi connectivity index (χ1n) is 10.6. The zero-order valence-electron chi connectivity index (χ0n) is 17.1. The molecule has 1 aliphatic carbocycles. The number of nitrogens with zero attached hydrogens (tertiary/aromatic N) is 4. The molecule has 8 heteroatoms. The van der Waals surface area contributed by atoms with Crippen molar-refractivity contribution in [1.82, 2.24) is 20.3 Å². The molecule has 0 spiro atoms. The van der Waals surface area contributed by atoms with Crippen molar-refractivity contribution in [2.45, 2.75) is 38.3 Å². The van der Waals surface area contributed by atoms with Gasteiger partial charge in [0.25, 0.3) is 0 Å². The highest BCUT2D eigenvalue weighted by molar-refractivity contribution is 5.87.